The molecular weight excluding hydrogens is 256 g/mol. The minimum absolute atomic E-state index is 0.0898. The Morgan fingerprint density at radius 3 is 2.75 bits per heavy atom. The van der Waals surface area contributed by atoms with Crippen LogP contribution in [-0.4, -0.2) is 46.2 Å². The lowest BCUT2D eigenvalue weighted by Crippen LogP contribution is -2.54. The predicted octanol–water partition coefficient (Wildman–Crippen LogP) is 1.31. The van der Waals surface area contributed by atoms with Gasteiger partial charge >= 0.3 is 0 Å². The first kappa shape index (κ1) is 15.4. The van der Waals surface area contributed by atoms with E-state index in [0.717, 1.165) is 18.7 Å². The highest BCUT2D eigenvalue weighted by atomic mass is 16.5. The highest BCUT2D eigenvalue weighted by Crippen LogP contribution is 2.29. The maximum atomic E-state index is 6.47. The van der Waals surface area contributed by atoms with Crippen molar-refractivity contribution in [1.82, 2.24) is 14.8 Å². The summed E-state index contributed by atoms with van der Waals surface area (Å²) in [5.41, 5.74) is 6.18. The van der Waals surface area contributed by atoms with Crippen LogP contribution in [0.1, 0.15) is 45.5 Å². The largest absolute Gasteiger partial charge is 0.381 e. The van der Waals surface area contributed by atoms with E-state index in [1.54, 1.807) is 6.33 Å². The molecule has 1 fully saturated rings. The van der Waals surface area contributed by atoms with Crippen LogP contribution in [0.4, 0.5) is 0 Å². The van der Waals surface area contributed by atoms with E-state index in [-0.39, 0.29) is 17.7 Å². The van der Waals surface area contributed by atoms with Gasteiger partial charge in [-0.2, -0.15) is 5.10 Å². The van der Waals surface area contributed by atoms with Crippen molar-refractivity contribution in [3.05, 3.63) is 12.2 Å². The highest BCUT2D eigenvalue weighted by molar-refractivity contribution is 5.00. The van der Waals surface area contributed by atoms with E-state index < -0.39 is 0 Å². The summed E-state index contributed by atoms with van der Waals surface area (Å²) in [6, 6.07) is 0.200. The van der Waals surface area contributed by atoms with E-state index >= 15 is 0 Å². The molecule has 0 spiro atoms. The maximum Gasteiger partial charge on any atom is 0.138 e. The monoisotopic (exact) mass is 282 g/mol. The Labute approximate surface area is 120 Å². The van der Waals surface area contributed by atoms with Gasteiger partial charge in [-0.1, -0.05) is 0 Å². The average molecular weight is 282 g/mol. The van der Waals surface area contributed by atoms with E-state index in [4.69, 9.17) is 15.2 Å². The van der Waals surface area contributed by atoms with Crippen molar-refractivity contribution in [2.24, 2.45) is 5.73 Å². The molecule has 0 aromatic carbocycles. The van der Waals surface area contributed by atoms with Gasteiger partial charge in [-0.05, 0) is 20.8 Å². The standard InChI is InChI=1S/C14H26N4O2/c1-4-20-14(5-7-19-8-6-14)12(15)9-13-16-10-17-18(13)11(2)3/h10-12H,4-9,15H2,1-3H3. The Morgan fingerprint density at radius 1 is 1.45 bits per heavy atom. The van der Waals surface area contributed by atoms with Crippen molar-refractivity contribution in [3.8, 4) is 0 Å². The number of aromatic nitrogens is 3. The SMILES string of the molecule is CCOC1(C(N)Cc2ncnn2C(C)C)CCOCC1. The first-order valence-electron chi connectivity index (χ1n) is 7.44. The van der Waals surface area contributed by atoms with Crippen LogP contribution >= 0.6 is 0 Å². The quantitative estimate of drug-likeness (QED) is 0.851. The molecule has 1 aromatic heterocycles. The van der Waals surface area contributed by atoms with Crippen LogP contribution in [0.3, 0.4) is 0 Å². The van der Waals surface area contributed by atoms with Crippen LogP contribution in [0.2, 0.25) is 0 Å². The summed E-state index contributed by atoms with van der Waals surface area (Å²) in [6.45, 7) is 8.30. The Hall–Kier alpha value is -0.980. The first-order valence-corrected chi connectivity index (χ1v) is 7.44. The molecule has 0 aliphatic carbocycles. The van der Waals surface area contributed by atoms with Crippen molar-refractivity contribution < 1.29 is 9.47 Å². The molecule has 1 aliphatic rings. The minimum atomic E-state index is -0.291. The summed E-state index contributed by atoms with van der Waals surface area (Å²) >= 11 is 0. The topological polar surface area (TPSA) is 75.2 Å². The second-order valence-corrected chi connectivity index (χ2v) is 5.64. The van der Waals surface area contributed by atoms with Crippen molar-refractivity contribution >= 4 is 0 Å². The Morgan fingerprint density at radius 2 is 2.15 bits per heavy atom. The van der Waals surface area contributed by atoms with Crippen LogP contribution in [0.25, 0.3) is 0 Å². The minimum Gasteiger partial charge on any atom is -0.381 e. The number of hydrogen-bond donors (Lipinski definition) is 1. The highest BCUT2D eigenvalue weighted by Gasteiger charge is 2.39. The third-order valence-electron chi connectivity index (χ3n) is 3.99. The van der Waals surface area contributed by atoms with Crippen LogP contribution in [0.15, 0.2) is 6.33 Å². The molecule has 0 amide bonds. The van der Waals surface area contributed by atoms with Crippen molar-refractivity contribution in [2.45, 2.75) is 57.7 Å². The summed E-state index contributed by atoms with van der Waals surface area (Å²) in [7, 11) is 0. The molecular formula is C14H26N4O2. The maximum absolute atomic E-state index is 6.47. The summed E-state index contributed by atoms with van der Waals surface area (Å²) in [5, 5.41) is 4.27. The number of nitrogens with zero attached hydrogens (tertiary/aromatic N) is 3. The van der Waals surface area contributed by atoms with Crippen LogP contribution in [0, 0.1) is 0 Å². The van der Waals surface area contributed by atoms with Gasteiger partial charge in [0.15, 0.2) is 0 Å². The third kappa shape index (κ3) is 3.19. The molecule has 0 radical (unpaired) electrons. The van der Waals surface area contributed by atoms with Gasteiger partial charge < -0.3 is 15.2 Å². The van der Waals surface area contributed by atoms with Crippen molar-refractivity contribution in [2.75, 3.05) is 19.8 Å². The molecule has 1 saturated heterocycles. The molecule has 0 saturated carbocycles. The molecule has 1 unspecified atom stereocenters. The van der Waals surface area contributed by atoms with Gasteiger partial charge in [-0.15, -0.1) is 0 Å². The fourth-order valence-corrected chi connectivity index (χ4v) is 2.86. The molecule has 2 N–H and O–H groups in total. The van der Waals surface area contributed by atoms with Gasteiger partial charge in [0.2, 0.25) is 0 Å². The van der Waals surface area contributed by atoms with Crippen LogP contribution in [-0.2, 0) is 15.9 Å². The second kappa shape index (κ2) is 6.65. The lowest BCUT2D eigenvalue weighted by molar-refractivity contribution is -0.120. The van der Waals surface area contributed by atoms with E-state index in [0.29, 0.717) is 26.2 Å². The fourth-order valence-electron chi connectivity index (χ4n) is 2.86. The van der Waals surface area contributed by atoms with Gasteiger partial charge in [-0.3, -0.25) is 0 Å². The molecule has 114 valence electrons. The Bertz CT molecular complexity index is 408. The van der Waals surface area contributed by atoms with E-state index in [1.807, 2.05) is 11.6 Å². The normalized spacial score (nSPS) is 20.2. The summed E-state index contributed by atoms with van der Waals surface area (Å²) in [6.07, 6.45) is 3.97. The van der Waals surface area contributed by atoms with Crippen LogP contribution in [0.5, 0.6) is 0 Å². The molecule has 20 heavy (non-hydrogen) atoms. The van der Waals surface area contributed by atoms with Crippen molar-refractivity contribution in [3.63, 3.8) is 0 Å². The molecule has 2 heterocycles. The molecule has 6 heteroatoms. The molecule has 1 atom stereocenters. The van der Waals surface area contributed by atoms with Gasteiger partial charge in [0, 0.05) is 51.2 Å². The number of ether oxygens (including phenoxy) is 2. The third-order valence-corrected chi connectivity index (χ3v) is 3.99. The lowest BCUT2D eigenvalue weighted by Gasteiger charge is -2.41. The molecule has 1 aliphatic heterocycles. The summed E-state index contributed by atoms with van der Waals surface area (Å²) < 4.78 is 13.4. The van der Waals surface area contributed by atoms with Crippen molar-refractivity contribution in [1.29, 1.82) is 0 Å². The van der Waals surface area contributed by atoms with Gasteiger partial charge in [-0.25, -0.2) is 9.67 Å². The zero-order chi connectivity index (χ0) is 14.6. The first-order chi connectivity index (χ1) is 9.59. The number of hydrogen-bond acceptors (Lipinski definition) is 5. The number of nitrogens with two attached hydrogens (primary N) is 1. The van der Waals surface area contributed by atoms with Gasteiger partial charge in [0.1, 0.15) is 12.2 Å². The Kier molecular flexibility index (Phi) is 5.12. The van der Waals surface area contributed by atoms with Gasteiger partial charge in [0.05, 0.1) is 5.60 Å². The average Bonchev–Trinajstić information content (AvgIpc) is 2.88. The number of rotatable bonds is 6. The lowest BCUT2D eigenvalue weighted by atomic mass is 9.84. The van der Waals surface area contributed by atoms with Crippen LogP contribution < -0.4 is 5.73 Å². The summed E-state index contributed by atoms with van der Waals surface area (Å²) in [5.74, 6) is 0.929. The molecule has 2 rings (SSSR count). The molecule has 1 aromatic rings. The van der Waals surface area contributed by atoms with E-state index in [9.17, 15) is 0 Å². The zero-order valence-electron chi connectivity index (χ0n) is 12.7. The predicted molar refractivity (Wildman–Crippen MR) is 76.5 cm³/mol. The van der Waals surface area contributed by atoms with E-state index in [1.165, 1.54) is 0 Å². The fraction of sp³-hybridized carbons (Fsp3) is 0.857. The van der Waals surface area contributed by atoms with Gasteiger partial charge in [0.25, 0.3) is 0 Å². The zero-order valence-corrected chi connectivity index (χ0v) is 12.7. The smallest absolute Gasteiger partial charge is 0.138 e. The molecule has 0 bridgehead atoms. The Balaban J connectivity index is 2.11. The molecule has 6 nitrogen and oxygen atoms in total. The second-order valence-electron chi connectivity index (χ2n) is 5.64. The van der Waals surface area contributed by atoms with E-state index in [2.05, 4.69) is 23.9 Å². The summed E-state index contributed by atoms with van der Waals surface area (Å²) in [4.78, 5) is 4.35.